The summed E-state index contributed by atoms with van der Waals surface area (Å²) in [6.45, 7) is 6.41. The average molecular weight is 302 g/mol. The lowest BCUT2D eigenvalue weighted by Crippen LogP contribution is -2.11. The molecule has 0 saturated carbocycles. The molecule has 2 rings (SSSR count). The molecule has 110 valence electrons. The Kier molecular flexibility index (Phi) is 4.84. The number of carbonyl (C=O) groups excluding carboxylic acids is 1. The first-order valence-electron chi connectivity index (χ1n) is 6.89. The summed E-state index contributed by atoms with van der Waals surface area (Å²) < 4.78 is 13.5. The van der Waals surface area contributed by atoms with Gasteiger partial charge in [0.05, 0.1) is 5.75 Å². The Hall–Kier alpha value is -1.61. The van der Waals surface area contributed by atoms with Gasteiger partial charge in [-0.1, -0.05) is 57.2 Å². The van der Waals surface area contributed by atoms with Crippen LogP contribution in [-0.4, -0.2) is 11.5 Å². The monoisotopic (exact) mass is 302 g/mol. The zero-order valence-corrected chi connectivity index (χ0v) is 13.3. The van der Waals surface area contributed by atoms with Gasteiger partial charge < -0.3 is 0 Å². The molecule has 0 aliphatic rings. The van der Waals surface area contributed by atoms with Gasteiger partial charge in [0.1, 0.15) is 5.82 Å². The third-order valence-electron chi connectivity index (χ3n) is 3.27. The van der Waals surface area contributed by atoms with Crippen LogP contribution in [0.2, 0.25) is 0 Å². The number of ketones is 1. The van der Waals surface area contributed by atoms with Crippen LogP contribution in [0.15, 0.2) is 53.4 Å². The molecular formula is C18H19FOS. The van der Waals surface area contributed by atoms with Gasteiger partial charge in [-0.3, -0.25) is 4.79 Å². The van der Waals surface area contributed by atoms with E-state index in [0.717, 1.165) is 0 Å². The molecule has 2 aromatic carbocycles. The Morgan fingerprint density at radius 1 is 1.05 bits per heavy atom. The topological polar surface area (TPSA) is 17.1 Å². The highest BCUT2D eigenvalue weighted by Gasteiger charge is 2.14. The summed E-state index contributed by atoms with van der Waals surface area (Å²) in [6.07, 6.45) is 0. The molecule has 0 aliphatic carbocycles. The van der Waals surface area contributed by atoms with Crippen molar-refractivity contribution in [2.45, 2.75) is 31.1 Å². The first-order valence-corrected chi connectivity index (χ1v) is 7.87. The molecule has 0 atom stereocenters. The quantitative estimate of drug-likeness (QED) is 0.577. The van der Waals surface area contributed by atoms with E-state index in [1.165, 1.54) is 23.4 Å². The largest absolute Gasteiger partial charge is 0.293 e. The molecule has 3 heteroatoms. The lowest BCUT2D eigenvalue weighted by atomic mass is 9.86. The summed E-state index contributed by atoms with van der Waals surface area (Å²) >= 11 is 1.24. The maximum absolute atomic E-state index is 13.5. The maximum atomic E-state index is 13.5. The van der Waals surface area contributed by atoms with Crippen molar-refractivity contribution in [3.8, 4) is 0 Å². The lowest BCUT2D eigenvalue weighted by Gasteiger charge is -2.18. The van der Waals surface area contributed by atoms with Gasteiger partial charge in [0.25, 0.3) is 0 Å². The Labute approximate surface area is 129 Å². The van der Waals surface area contributed by atoms with Crippen LogP contribution in [0.3, 0.4) is 0 Å². The number of halogens is 1. The van der Waals surface area contributed by atoms with Crippen LogP contribution >= 0.6 is 11.8 Å². The fourth-order valence-corrected chi connectivity index (χ4v) is 2.78. The lowest BCUT2D eigenvalue weighted by molar-refractivity contribution is 0.102. The molecule has 21 heavy (non-hydrogen) atoms. The van der Waals surface area contributed by atoms with E-state index < -0.39 is 0 Å². The van der Waals surface area contributed by atoms with E-state index in [-0.39, 0.29) is 22.8 Å². The van der Waals surface area contributed by atoms with Gasteiger partial charge in [0, 0.05) is 10.5 Å². The molecular weight excluding hydrogens is 283 g/mol. The maximum Gasteiger partial charge on any atom is 0.173 e. The fourth-order valence-electron chi connectivity index (χ4n) is 1.94. The molecule has 0 amide bonds. The van der Waals surface area contributed by atoms with Crippen molar-refractivity contribution in [2.24, 2.45) is 0 Å². The van der Waals surface area contributed by atoms with E-state index in [4.69, 9.17) is 0 Å². The van der Waals surface area contributed by atoms with Crippen molar-refractivity contribution >= 4 is 17.5 Å². The van der Waals surface area contributed by atoms with Crippen molar-refractivity contribution in [3.05, 3.63) is 65.5 Å². The number of hydrogen-bond donors (Lipinski definition) is 0. The number of Topliss-reactive ketones (excluding diaryl/α,β-unsaturated/α-hetero) is 1. The number of carbonyl (C=O) groups is 1. The summed E-state index contributed by atoms with van der Waals surface area (Å²) in [6, 6.07) is 14.2. The Balaban J connectivity index is 2.03. The molecule has 0 saturated heterocycles. The van der Waals surface area contributed by atoms with Crippen LogP contribution in [-0.2, 0) is 5.41 Å². The summed E-state index contributed by atoms with van der Waals surface area (Å²) in [4.78, 5) is 12.7. The van der Waals surface area contributed by atoms with Crippen molar-refractivity contribution in [2.75, 3.05) is 5.75 Å². The zero-order chi connectivity index (χ0) is 15.5. The average Bonchev–Trinajstić information content (AvgIpc) is 2.45. The summed E-state index contributed by atoms with van der Waals surface area (Å²) in [5, 5.41) is 0. The number of rotatable bonds is 4. The van der Waals surface area contributed by atoms with Crippen LogP contribution in [0.25, 0.3) is 0 Å². The smallest absolute Gasteiger partial charge is 0.173 e. The van der Waals surface area contributed by atoms with Gasteiger partial charge >= 0.3 is 0 Å². The van der Waals surface area contributed by atoms with E-state index in [9.17, 15) is 9.18 Å². The van der Waals surface area contributed by atoms with Crippen LogP contribution in [0.5, 0.6) is 0 Å². The van der Waals surface area contributed by atoms with Gasteiger partial charge in [0.2, 0.25) is 0 Å². The first-order chi connectivity index (χ1) is 9.88. The Morgan fingerprint density at radius 2 is 1.67 bits per heavy atom. The minimum atomic E-state index is -0.279. The standard InChI is InChI=1S/C18H19FOS/c1-18(2,3)14-10-8-13(9-11-14)16(20)12-21-17-7-5-4-6-15(17)19/h4-11H,12H2,1-3H3. The van der Waals surface area contributed by atoms with Gasteiger partial charge in [-0.2, -0.15) is 0 Å². The van der Waals surface area contributed by atoms with Crippen LogP contribution in [0.1, 0.15) is 36.7 Å². The molecule has 0 radical (unpaired) electrons. The second kappa shape index (κ2) is 6.44. The molecule has 1 nitrogen and oxygen atoms in total. The molecule has 0 aromatic heterocycles. The number of hydrogen-bond acceptors (Lipinski definition) is 2. The van der Waals surface area contributed by atoms with E-state index in [1.807, 2.05) is 24.3 Å². The molecule has 0 spiro atoms. The minimum absolute atomic E-state index is 0.0173. The zero-order valence-electron chi connectivity index (χ0n) is 12.5. The summed E-state index contributed by atoms with van der Waals surface area (Å²) in [7, 11) is 0. The fraction of sp³-hybridized carbons (Fsp3) is 0.278. The third kappa shape index (κ3) is 4.18. The van der Waals surface area contributed by atoms with Gasteiger partial charge in [0.15, 0.2) is 5.78 Å². The number of thioether (sulfide) groups is 1. The molecule has 0 N–H and O–H groups in total. The first kappa shape index (κ1) is 15.8. The van der Waals surface area contributed by atoms with E-state index in [0.29, 0.717) is 10.5 Å². The summed E-state index contributed by atoms with van der Waals surface area (Å²) in [5.41, 5.74) is 1.94. The SMILES string of the molecule is CC(C)(C)c1ccc(C(=O)CSc2ccccc2F)cc1. The van der Waals surface area contributed by atoms with Crippen LogP contribution in [0.4, 0.5) is 4.39 Å². The molecule has 0 aliphatic heterocycles. The van der Waals surface area contributed by atoms with Crippen molar-refractivity contribution in [1.82, 2.24) is 0 Å². The van der Waals surface area contributed by atoms with Crippen LogP contribution in [0, 0.1) is 5.82 Å². The van der Waals surface area contributed by atoms with Gasteiger partial charge in [-0.15, -0.1) is 11.8 Å². The molecule has 0 heterocycles. The van der Waals surface area contributed by atoms with E-state index in [1.54, 1.807) is 18.2 Å². The molecule has 0 unspecified atom stereocenters. The predicted molar refractivity (Wildman–Crippen MR) is 86.6 cm³/mol. The van der Waals surface area contributed by atoms with Crippen molar-refractivity contribution in [1.29, 1.82) is 0 Å². The van der Waals surface area contributed by atoms with Crippen LogP contribution < -0.4 is 0 Å². The highest BCUT2D eigenvalue weighted by molar-refractivity contribution is 8.00. The van der Waals surface area contributed by atoms with Gasteiger partial charge in [-0.25, -0.2) is 4.39 Å². The predicted octanol–water partition coefficient (Wildman–Crippen LogP) is 5.10. The minimum Gasteiger partial charge on any atom is -0.293 e. The summed E-state index contributed by atoms with van der Waals surface area (Å²) in [5.74, 6) is -0.0161. The highest BCUT2D eigenvalue weighted by Crippen LogP contribution is 2.24. The van der Waals surface area contributed by atoms with Crippen molar-refractivity contribution in [3.63, 3.8) is 0 Å². The van der Waals surface area contributed by atoms with E-state index >= 15 is 0 Å². The van der Waals surface area contributed by atoms with Gasteiger partial charge in [-0.05, 0) is 23.1 Å². The second-order valence-corrected chi connectivity index (χ2v) is 6.99. The second-order valence-electron chi connectivity index (χ2n) is 5.97. The third-order valence-corrected chi connectivity index (χ3v) is 4.32. The van der Waals surface area contributed by atoms with E-state index in [2.05, 4.69) is 20.8 Å². The Bertz CT molecular complexity index is 626. The molecule has 0 fully saturated rings. The highest BCUT2D eigenvalue weighted by atomic mass is 32.2. The number of benzene rings is 2. The molecule has 2 aromatic rings. The Morgan fingerprint density at radius 3 is 2.24 bits per heavy atom. The molecule has 0 bridgehead atoms. The van der Waals surface area contributed by atoms with Crippen molar-refractivity contribution < 1.29 is 9.18 Å². The normalized spacial score (nSPS) is 11.4.